The van der Waals surface area contributed by atoms with Crippen molar-refractivity contribution >= 4 is 44.7 Å². The zero-order chi connectivity index (χ0) is 13.8. The molecule has 0 bridgehead atoms. The van der Waals surface area contributed by atoms with Gasteiger partial charge in [0.1, 0.15) is 11.1 Å². The monoisotopic (exact) mass is 342 g/mol. The number of amides is 1. The second-order valence-corrected chi connectivity index (χ2v) is 5.70. The second kappa shape index (κ2) is 6.45. The fourth-order valence-corrected chi connectivity index (χ4v) is 2.54. The molecular weight excluding hydrogens is 328 g/mol. The molecule has 1 aromatic rings. The van der Waals surface area contributed by atoms with Crippen molar-refractivity contribution < 1.29 is 9.53 Å². The van der Waals surface area contributed by atoms with Crippen molar-refractivity contribution in [2.24, 2.45) is 5.73 Å². The Labute approximate surface area is 125 Å². The molecule has 0 aliphatic carbocycles. The SMILES string of the molecule is NC(=S)c1ccc(NC(=O)C2CCCCO2)c(Br)c1. The van der Waals surface area contributed by atoms with Crippen LogP contribution < -0.4 is 11.1 Å². The van der Waals surface area contributed by atoms with Crippen molar-refractivity contribution in [3.8, 4) is 0 Å². The van der Waals surface area contributed by atoms with Gasteiger partial charge in [0.25, 0.3) is 5.91 Å². The van der Waals surface area contributed by atoms with Crippen LogP contribution in [0.1, 0.15) is 24.8 Å². The van der Waals surface area contributed by atoms with Crippen LogP contribution in [0.4, 0.5) is 5.69 Å². The summed E-state index contributed by atoms with van der Waals surface area (Å²) in [6, 6.07) is 5.35. The number of benzene rings is 1. The molecule has 0 aromatic heterocycles. The van der Waals surface area contributed by atoms with Crippen LogP contribution in [0.25, 0.3) is 0 Å². The molecule has 2 rings (SSSR count). The predicted molar refractivity (Wildman–Crippen MR) is 82.3 cm³/mol. The molecule has 1 aliphatic heterocycles. The molecule has 1 amide bonds. The first-order valence-electron chi connectivity index (χ1n) is 6.10. The highest BCUT2D eigenvalue weighted by Gasteiger charge is 2.22. The summed E-state index contributed by atoms with van der Waals surface area (Å²) >= 11 is 8.30. The molecule has 3 N–H and O–H groups in total. The van der Waals surface area contributed by atoms with Gasteiger partial charge in [-0.2, -0.15) is 0 Å². The van der Waals surface area contributed by atoms with Crippen LogP contribution in [0.5, 0.6) is 0 Å². The van der Waals surface area contributed by atoms with E-state index in [1.54, 1.807) is 18.2 Å². The summed E-state index contributed by atoms with van der Waals surface area (Å²) in [7, 11) is 0. The fourth-order valence-electron chi connectivity index (χ4n) is 1.93. The van der Waals surface area contributed by atoms with Crippen molar-refractivity contribution in [2.45, 2.75) is 25.4 Å². The standard InChI is InChI=1S/C13H15BrN2O2S/c14-9-7-8(12(15)19)4-5-10(9)16-13(17)11-3-1-2-6-18-11/h4-5,7,11H,1-3,6H2,(H2,15,19)(H,16,17). The molecular formula is C13H15BrN2O2S. The zero-order valence-electron chi connectivity index (χ0n) is 10.3. The van der Waals surface area contributed by atoms with Crippen molar-refractivity contribution in [2.75, 3.05) is 11.9 Å². The summed E-state index contributed by atoms with van der Waals surface area (Å²) in [6.07, 6.45) is 2.47. The average molecular weight is 343 g/mol. The lowest BCUT2D eigenvalue weighted by Gasteiger charge is -2.22. The van der Waals surface area contributed by atoms with Gasteiger partial charge in [0.15, 0.2) is 0 Å². The molecule has 102 valence electrons. The van der Waals surface area contributed by atoms with Gasteiger partial charge in [0.05, 0.1) is 5.69 Å². The van der Waals surface area contributed by atoms with Gasteiger partial charge in [-0.15, -0.1) is 0 Å². The molecule has 1 heterocycles. The summed E-state index contributed by atoms with van der Waals surface area (Å²) in [6.45, 7) is 0.652. The van der Waals surface area contributed by atoms with E-state index in [1.807, 2.05) is 0 Å². The number of hydrogen-bond acceptors (Lipinski definition) is 3. The third-order valence-corrected chi connectivity index (χ3v) is 3.88. The van der Waals surface area contributed by atoms with Crippen LogP contribution >= 0.6 is 28.1 Å². The third kappa shape index (κ3) is 3.75. The van der Waals surface area contributed by atoms with Gasteiger partial charge in [-0.1, -0.05) is 12.2 Å². The maximum Gasteiger partial charge on any atom is 0.253 e. The van der Waals surface area contributed by atoms with E-state index in [1.165, 1.54) is 0 Å². The molecule has 1 unspecified atom stereocenters. The Morgan fingerprint density at radius 2 is 2.26 bits per heavy atom. The van der Waals surface area contributed by atoms with E-state index in [4.69, 9.17) is 22.7 Å². The molecule has 1 aromatic carbocycles. The minimum Gasteiger partial charge on any atom is -0.389 e. The Balaban J connectivity index is 2.06. The van der Waals surface area contributed by atoms with Crippen molar-refractivity contribution in [3.63, 3.8) is 0 Å². The number of nitrogens with two attached hydrogens (primary N) is 1. The highest BCUT2D eigenvalue weighted by atomic mass is 79.9. The van der Waals surface area contributed by atoms with Crippen LogP contribution in [-0.4, -0.2) is 23.6 Å². The lowest BCUT2D eigenvalue weighted by Crippen LogP contribution is -2.33. The topological polar surface area (TPSA) is 64.3 Å². The predicted octanol–water partition coefficient (Wildman–Crippen LogP) is 2.59. The lowest BCUT2D eigenvalue weighted by atomic mass is 10.1. The van der Waals surface area contributed by atoms with E-state index in [0.717, 1.165) is 29.3 Å². The number of hydrogen-bond donors (Lipinski definition) is 2. The lowest BCUT2D eigenvalue weighted by molar-refractivity contribution is -0.129. The van der Waals surface area contributed by atoms with Crippen molar-refractivity contribution in [1.82, 2.24) is 0 Å². The largest absolute Gasteiger partial charge is 0.389 e. The first-order chi connectivity index (χ1) is 9.08. The molecule has 1 aliphatic rings. The molecule has 1 fully saturated rings. The van der Waals surface area contributed by atoms with E-state index < -0.39 is 0 Å². The Bertz CT molecular complexity index is 501. The molecule has 0 saturated carbocycles. The maximum absolute atomic E-state index is 12.0. The van der Waals surface area contributed by atoms with Crippen LogP contribution in [-0.2, 0) is 9.53 Å². The minimum atomic E-state index is -0.351. The average Bonchev–Trinajstić information content (AvgIpc) is 2.41. The molecule has 19 heavy (non-hydrogen) atoms. The number of ether oxygens (including phenoxy) is 1. The van der Waals surface area contributed by atoms with E-state index in [9.17, 15) is 4.79 Å². The maximum atomic E-state index is 12.0. The summed E-state index contributed by atoms with van der Waals surface area (Å²) < 4.78 is 6.20. The minimum absolute atomic E-state index is 0.108. The third-order valence-electron chi connectivity index (χ3n) is 2.98. The van der Waals surface area contributed by atoms with Gasteiger partial charge >= 0.3 is 0 Å². The number of rotatable bonds is 3. The second-order valence-electron chi connectivity index (χ2n) is 4.40. The number of anilines is 1. The zero-order valence-corrected chi connectivity index (χ0v) is 12.7. The quantitative estimate of drug-likeness (QED) is 0.828. The van der Waals surface area contributed by atoms with Gasteiger partial charge in [0.2, 0.25) is 0 Å². The molecule has 4 nitrogen and oxygen atoms in total. The normalized spacial score (nSPS) is 18.9. The first kappa shape index (κ1) is 14.4. The number of nitrogens with one attached hydrogen (secondary N) is 1. The summed E-state index contributed by atoms with van der Waals surface area (Å²) in [5, 5.41) is 2.85. The number of thiocarbonyl (C=S) groups is 1. The smallest absolute Gasteiger partial charge is 0.253 e. The van der Waals surface area contributed by atoms with Crippen LogP contribution in [0.2, 0.25) is 0 Å². The van der Waals surface area contributed by atoms with Crippen LogP contribution in [0.3, 0.4) is 0 Å². The van der Waals surface area contributed by atoms with Crippen LogP contribution in [0.15, 0.2) is 22.7 Å². The molecule has 0 spiro atoms. The Kier molecular flexibility index (Phi) is 4.90. The fraction of sp³-hybridized carbons (Fsp3) is 0.385. The number of carbonyl (C=O) groups excluding carboxylic acids is 1. The van der Waals surface area contributed by atoms with Gasteiger partial charge in [-0.3, -0.25) is 4.79 Å². The van der Waals surface area contributed by atoms with E-state index >= 15 is 0 Å². The summed E-state index contributed by atoms with van der Waals surface area (Å²) in [4.78, 5) is 12.4. The molecule has 1 atom stereocenters. The van der Waals surface area contributed by atoms with Gasteiger partial charge in [-0.25, -0.2) is 0 Å². The molecule has 1 saturated heterocycles. The van der Waals surface area contributed by atoms with E-state index in [2.05, 4.69) is 21.2 Å². The molecule has 0 radical (unpaired) electrons. The highest BCUT2D eigenvalue weighted by molar-refractivity contribution is 9.10. The Morgan fingerprint density at radius 3 is 2.84 bits per heavy atom. The summed E-state index contributed by atoms with van der Waals surface area (Å²) in [5.41, 5.74) is 7.01. The summed E-state index contributed by atoms with van der Waals surface area (Å²) in [5.74, 6) is -0.108. The number of carbonyl (C=O) groups is 1. The van der Waals surface area contributed by atoms with E-state index in [0.29, 0.717) is 17.3 Å². The highest BCUT2D eigenvalue weighted by Crippen LogP contribution is 2.25. The Hall–Kier alpha value is -0.980. The van der Waals surface area contributed by atoms with E-state index in [-0.39, 0.29) is 12.0 Å². The van der Waals surface area contributed by atoms with Crippen molar-refractivity contribution in [1.29, 1.82) is 0 Å². The van der Waals surface area contributed by atoms with Crippen LogP contribution in [0, 0.1) is 0 Å². The van der Waals surface area contributed by atoms with Crippen molar-refractivity contribution in [3.05, 3.63) is 28.2 Å². The molecule has 6 heteroatoms. The first-order valence-corrected chi connectivity index (χ1v) is 7.30. The van der Waals surface area contributed by atoms with Gasteiger partial charge < -0.3 is 15.8 Å². The van der Waals surface area contributed by atoms with Gasteiger partial charge in [-0.05, 0) is 53.4 Å². The number of halogens is 1. The Morgan fingerprint density at radius 1 is 1.47 bits per heavy atom. The van der Waals surface area contributed by atoms with Gasteiger partial charge in [0, 0.05) is 16.6 Å².